The molecule has 0 aliphatic rings. The highest BCUT2D eigenvalue weighted by Gasteiger charge is 2.11. The van der Waals surface area contributed by atoms with E-state index in [2.05, 4.69) is 0 Å². The summed E-state index contributed by atoms with van der Waals surface area (Å²) in [5.74, 6) is -0.799. The number of phenolic OH excluding ortho intramolecular Hbond substituents is 1. The number of nitro groups is 1. The number of carbonyl (C=O) groups is 1. The average Bonchev–Trinajstić information content (AvgIpc) is 2.19. The second-order valence-corrected chi connectivity index (χ2v) is 3.19. The minimum Gasteiger partial charge on any atom is -0.507 e. The fraction of sp³-hybridized carbons (Fsp3) is 0.100. The standard InChI is InChI=1S/C10H10N2O4/c1-6-4-8(12(15)16)5-7(10(6)14)2-3-9(11)13/h2-5,14H,1H3,(H2,11,13)/b3-2+. The van der Waals surface area contributed by atoms with Gasteiger partial charge in [0.25, 0.3) is 5.69 Å². The van der Waals surface area contributed by atoms with Crippen LogP contribution in [0.1, 0.15) is 11.1 Å². The summed E-state index contributed by atoms with van der Waals surface area (Å²) in [6.45, 7) is 1.53. The molecule has 0 spiro atoms. The van der Waals surface area contributed by atoms with Gasteiger partial charge in [0.05, 0.1) is 4.92 Å². The van der Waals surface area contributed by atoms with Crippen LogP contribution in [0.25, 0.3) is 6.08 Å². The lowest BCUT2D eigenvalue weighted by Crippen LogP contribution is -2.05. The second-order valence-electron chi connectivity index (χ2n) is 3.19. The molecule has 84 valence electrons. The lowest BCUT2D eigenvalue weighted by Gasteiger charge is -2.02. The molecular formula is C10H10N2O4. The van der Waals surface area contributed by atoms with Gasteiger partial charge in [-0.25, -0.2) is 0 Å². The molecule has 0 atom stereocenters. The molecule has 0 heterocycles. The van der Waals surface area contributed by atoms with Gasteiger partial charge in [0.2, 0.25) is 5.91 Å². The molecule has 0 aliphatic carbocycles. The summed E-state index contributed by atoms with van der Waals surface area (Å²) in [7, 11) is 0. The van der Waals surface area contributed by atoms with Crippen molar-refractivity contribution in [3.63, 3.8) is 0 Å². The number of rotatable bonds is 3. The third-order valence-electron chi connectivity index (χ3n) is 1.95. The highest BCUT2D eigenvalue weighted by molar-refractivity contribution is 5.90. The third-order valence-corrected chi connectivity index (χ3v) is 1.95. The molecular weight excluding hydrogens is 212 g/mol. The quantitative estimate of drug-likeness (QED) is 0.453. The molecule has 1 aromatic rings. The number of hydrogen-bond donors (Lipinski definition) is 2. The first-order chi connectivity index (χ1) is 7.41. The van der Waals surface area contributed by atoms with Crippen LogP contribution < -0.4 is 5.73 Å². The lowest BCUT2D eigenvalue weighted by molar-refractivity contribution is -0.384. The molecule has 0 saturated carbocycles. The van der Waals surface area contributed by atoms with Gasteiger partial charge in [-0.05, 0) is 18.6 Å². The van der Waals surface area contributed by atoms with Crippen LogP contribution in [0.15, 0.2) is 18.2 Å². The number of nitrogens with zero attached hydrogens (tertiary/aromatic N) is 1. The van der Waals surface area contributed by atoms with Crippen molar-refractivity contribution >= 4 is 17.7 Å². The van der Waals surface area contributed by atoms with E-state index in [0.29, 0.717) is 5.56 Å². The van der Waals surface area contributed by atoms with Gasteiger partial charge in [-0.3, -0.25) is 14.9 Å². The van der Waals surface area contributed by atoms with Crippen LogP contribution in [0.3, 0.4) is 0 Å². The summed E-state index contributed by atoms with van der Waals surface area (Å²) in [4.78, 5) is 20.5. The number of hydrogen-bond acceptors (Lipinski definition) is 4. The smallest absolute Gasteiger partial charge is 0.270 e. The topological polar surface area (TPSA) is 106 Å². The van der Waals surface area contributed by atoms with E-state index in [9.17, 15) is 20.0 Å². The van der Waals surface area contributed by atoms with E-state index in [1.807, 2.05) is 0 Å². The van der Waals surface area contributed by atoms with Crippen LogP contribution in [-0.4, -0.2) is 15.9 Å². The van der Waals surface area contributed by atoms with Gasteiger partial charge in [0.15, 0.2) is 0 Å². The Morgan fingerprint density at radius 2 is 2.19 bits per heavy atom. The first kappa shape index (κ1) is 11.7. The summed E-state index contributed by atoms with van der Waals surface area (Å²) in [6.07, 6.45) is 2.26. The molecule has 0 radical (unpaired) electrons. The molecule has 1 rings (SSSR count). The molecule has 0 saturated heterocycles. The van der Waals surface area contributed by atoms with Crippen LogP contribution in [0.2, 0.25) is 0 Å². The molecule has 0 aromatic heterocycles. The zero-order valence-corrected chi connectivity index (χ0v) is 8.51. The Morgan fingerprint density at radius 1 is 1.56 bits per heavy atom. The Labute approximate surface area is 91.2 Å². The number of benzene rings is 1. The van der Waals surface area contributed by atoms with Crippen LogP contribution >= 0.6 is 0 Å². The fourth-order valence-electron chi connectivity index (χ4n) is 1.19. The van der Waals surface area contributed by atoms with Crippen LogP contribution in [-0.2, 0) is 4.79 Å². The maximum Gasteiger partial charge on any atom is 0.270 e. The first-order valence-electron chi connectivity index (χ1n) is 4.37. The van der Waals surface area contributed by atoms with Crippen LogP contribution in [0.5, 0.6) is 5.75 Å². The number of amides is 1. The van der Waals surface area contributed by atoms with E-state index in [4.69, 9.17) is 5.73 Å². The summed E-state index contributed by atoms with van der Waals surface area (Å²) in [5, 5.41) is 20.2. The third kappa shape index (κ3) is 2.57. The summed E-state index contributed by atoms with van der Waals surface area (Å²) < 4.78 is 0. The fourth-order valence-corrected chi connectivity index (χ4v) is 1.19. The Kier molecular flexibility index (Phi) is 3.24. The SMILES string of the molecule is Cc1cc([N+](=O)[O-])cc(/C=C/C(N)=O)c1O. The minimum atomic E-state index is -0.691. The molecule has 3 N–H and O–H groups in total. The largest absolute Gasteiger partial charge is 0.507 e. The maximum atomic E-state index is 10.6. The molecule has 1 amide bonds. The van der Waals surface area contributed by atoms with Crippen molar-refractivity contribution in [2.45, 2.75) is 6.92 Å². The molecule has 1 aromatic carbocycles. The summed E-state index contributed by atoms with van der Waals surface area (Å²) >= 11 is 0. The van der Waals surface area contributed by atoms with E-state index in [1.54, 1.807) is 0 Å². The van der Waals surface area contributed by atoms with Crippen LogP contribution in [0.4, 0.5) is 5.69 Å². The van der Waals surface area contributed by atoms with Gasteiger partial charge < -0.3 is 10.8 Å². The zero-order chi connectivity index (χ0) is 12.3. The maximum absolute atomic E-state index is 10.6. The normalized spacial score (nSPS) is 10.6. The van der Waals surface area contributed by atoms with E-state index in [-0.39, 0.29) is 17.0 Å². The molecule has 0 aliphatic heterocycles. The monoisotopic (exact) mass is 222 g/mol. The molecule has 0 unspecified atom stereocenters. The minimum absolute atomic E-state index is 0.108. The average molecular weight is 222 g/mol. The Morgan fingerprint density at radius 3 is 2.69 bits per heavy atom. The van der Waals surface area contributed by atoms with E-state index >= 15 is 0 Å². The highest BCUT2D eigenvalue weighted by atomic mass is 16.6. The number of primary amides is 1. The lowest BCUT2D eigenvalue weighted by atomic mass is 10.1. The summed E-state index contributed by atoms with van der Waals surface area (Å²) in [6, 6.07) is 2.42. The molecule has 16 heavy (non-hydrogen) atoms. The molecule has 0 bridgehead atoms. The second kappa shape index (κ2) is 4.43. The van der Waals surface area contributed by atoms with E-state index < -0.39 is 10.8 Å². The van der Waals surface area contributed by atoms with Crippen molar-refractivity contribution in [2.75, 3.05) is 0 Å². The highest BCUT2D eigenvalue weighted by Crippen LogP contribution is 2.28. The van der Waals surface area contributed by atoms with Gasteiger partial charge in [0, 0.05) is 23.8 Å². The Hall–Kier alpha value is -2.37. The van der Waals surface area contributed by atoms with Gasteiger partial charge in [-0.2, -0.15) is 0 Å². The molecule has 6 nitrogen and oxygen atoms in total. The molecule has 6 heteroatoms. The number of non-ortho nitro benzene ring substituents is 1. The Balaban J connectivity index is 3.27. The number of aromatic hydroxyl groups is 1. The number of nitrogens with two attached hydrogens (primary N) is 1. The predicted octanol–water partition coefficient (Wildman–Crippen LogP) is 1.11. The van der Waals surface area contributed by atoms with E-state index in [1.165, 1.54) is 25.1 Å². The van der Waals surface area contributed by atoms with Crippen molar-refractivity contribution in [1.29, 1.82) is 0 Å². The van der Waals surface area contributed by atoms with Gasteiger partial charge >= 0.3 is 0 Å². The van der Waals surface area contributed by atoms with Crippen molar-refractivity contribution < 1.29 is 14.8 Å². The van der Waals surface area contributed by atoms with E-state index in [0.717, 1.165) is 6.08 Å². The summed E-state index contributed by atoms with van der Waals surface area (Å²) in [5.41, 5.74) is 5.28. The van der Waals surface area contributed by atoms with Gasteiger partial charge in [0.1, 0.15) is 5.75 Å². The van der Waals surface area contributed by atoms with Gasteiger partial charge in [-0.15, -0.1) is 0 Å². The first-order valence-corrected chi connectivity index (χ1v) is 4.37. The number of carbonyl (C=O) groups excluding carboxylic acids is 1. The number of aryl methyl sites for hydroxylation is 1. The van der Waals surface area contributed by atoms with Gasteiger partial charge in [-0.1, -0.05) is 0 Å². The Bertz CT molecular complexity index is 480. The van der Waals surface area contributed by atoms with Crippen molar-refractivity contribution in [3.8, 4) is 5.75 Å². The number of phenols is 1. The van der Waals surface area contributed by atoms with Crippen LogP contribution in [0, 0.1) is 17.0 Å². The molecule has 0 fully saturated rings. The van der Waals surface area contributed by atoms with Crippen molar-refractivity contribution in [2.24, 2.45) is 5.73 Å². The zero-order valence-electron chi connectivity index (χ0n) is 8.51. The van der Waals surface area contributed by atoms with Crippen molar-refractivity contribution in [1.82, 2.24) is 0 Å². The van der Waals surface area contributed by atoms with Crippen molar-refractivity contribution in [3.05, 3.63) is 39.4 Å². The number of nitro benzene ring substituents is 1. The predicted molar refractivity (Wildman–Crippen MR) is 57.7 cm³/mol.